The quantitative estimate of drug-likeness (QED) is 0.552. The number of H-pyrrole nitrogens is 1. The third-order valence-corrected chi connectivity index (χ3v) is 3.32. The van der Waals surface area contributed by atoms with Crippen molar-refractivity contribution in [1.82, 2.24) is 4.98 Å². The van der Waals surface area contributed by atoms with E-state index in [1.165, 1.54) is 18.2 Å². The van der Waals surface area contributed by atoms with E-state index in [9.17, 15) is 9.18 Å². The van der Waals surface area contributed by atoms with Crippen molar-refractivity contribution in [3.63, 3.8) is 0 Å². The van der Waals surface area contributed by atoms with Crippen LogP contribution in [0.2, 0.25) is 0 Å². The zero-order valence-electron chi connectivity index (χ0n) is 10.9. The second-order valence-electron chi connectivity index (χ2n) is 4.82. The van der Waals surface area contributed by atoms with Crippen molar-refractivity contribution in [2.24, 2.45) is 0 Å². The monoisotopic (exact) mass is 268 g/mol. The van der Waals surface area contributed by atoms with Crippen molar-refractivity contribution in [2.45, 2.75) is 6.92 Å². The molecule has 0 saturated heterocycles. The fourth-order valence-electron chi connectivity index (χ4n) is 2.28. The van der Waals surface area contributed by atoms with Crippen LogP contribution in [0.25, 0.3) is 10.9 Å². The van der Waals surface area contributed by atoms with Crippen LogP contribution in [0.1, 0.15) is 21.5 Å². The summed E-state index contributed by atoms with van der Waals surface area (Å²) in [6.07, 6.45) is 1.61. The first-order chi connectivity index (χ1) is 9.56. The van der Waals surface area contributed by atoms with E-state index in [2.05, 4.69) is 4.98 Å². The van der Waals surface area contributed by atoms with Crippen molar-refractivity contribution >= 4 is 22.4 Å². The Kier molecular flexibility index (Phi) is 2.79. The molecule has 0 spiro atoms. The number of anilines is 1. The number of aromatic amines is 1. The van der Waals surface area contributed by atoms with Gasteiger partial charge in [0, 0.05) is 28.4 Å². The standard InChI is InChI=1S/C16H13FN2O/c1-9-2-5-15-11(6-9)13(8-19-15)16(20)12-7-10(18)3-4-14(12)17/h2-8,19H,18H2,1H3. The van der Waals surface area contributed by atoms with Gasteiger partial charge < -0.3 is 10.7 Å². The minimum atomic E-state index is -0.564. The van der Waals surface area contributed by atoms with Crippen molar-refractivity contribution in [1.29, 1.82) is 0 Å². The van der Waals surface area contributed by atoms with Crippen molar-refractivity contribution in [3.8, 4) is 0 Å². The smallest absolute Gasteiger partial charge is 0.198 e. The van der Waals surface area contributed by atoms with Gasteiger partial charge in [-0.2, -0.15) is 0 Å². The lowest BCUT2D eigenvalue weighted by Gasteiger charge is -2.03. The number of ketones is 1. The first kappa shape index (κ1) is 12.4. The summed E-state index contributed by atoms with van der Waals surface area (Å²) in [6.45, 7) is 1.95. The molecule has 0 unspecified atom stereocenters. The molecule has 3 aromatic rings. The Morgan fingerprint density at radius 1 is 1.15 bits per heavy atom. The fourth-order valence-corrected chi connectivity index (χ4v) is 2.28. The highest BCUT2D eigenvalue weighted by Crippen LogP contribution is 2.24. The Balaban J connectivity index is 2.17. The number of carbonyl (C=O) groups is 1. The summed E-state index contributed by atoms with van der Waals surface area (Å²) in [7, 11) is 0. The Hall–Kier alpha value is -2.62. The van der Waals surface area contributed by atoms with Gasteiger partial charge in [-0.3, -0.25) is 4.79 Å². The minimum Gasteiger partial charge on any atom is -0.399 e. The average Bonchev–Trinajstić information content (AvgIpc) is 2.83. The first-order valence-electron chi connectivity index (χ1n) is 6.24. The summed E-state index contributed by atoms with van der Waals surface area (Å²) >= 11 is 0. The molecule has 0 aliphatic heterocycles. The largest absolute Gasteiger partial charge is 0.399 e. The molecule has 20 heavy (non-hydrogen) atoms. The van der Waals surface area contributed by atoms with Gasteiger partial charge in [-0.05, 0) is 37.3 Å². The molecule has 3 N–H and O–H groups in total. The van der Waals surface area contributed by atoms with Crippen molar-refractivity contribution in [2.75, 3.05) is 5.73 Å². The molecule has 100 valence electrons. The van der Waals surface area contributed by atoms with Gasteiger partial charge in [0.15, 0.2) is 5.78 Å². The molecule has 1 heterocycles. The van der Waals surface area contributed by atoms with Crippen molar-refractivity contribution in [3.05, 3.63) is 65.1 Å². The third-order valence-electron chi connectivity index (χ3n) is 3.32. The first-order valence-corrected chi connectivity index (χ1v) is 6.24. The number of halogens is 1. The van der Waals surface area contributed by atoms with Gasteiger partial charge in [0.2, 0.25) is 0 Å². The summed E-state index contributed by atoms with van der Waals surface area (Å²) in [4.78, 5) is 15.5. The maximum absolute atomic E-state index is 13.8. The SMILES string of the molecule is Cc1ccc2[nH]cc(C(=O)c3cc(N)ccc3F)c2c1. The normalized spacial score (nSPS) is 10.9. The van der Waals surface area contributed by atoms with Gasteiger partial charge in [-0.15, -0.1) is 0 Å². The van der Waals surface area contributed by atoms with Gasteiger partial charge >= 0.3 is 0 Å². The summed E-state index contributed by atoms with van der Waals surface area (Å²) in [5.74, 6) is -0.933. The van der Waals surface area contributed by atoms with Crippen molar-refractivity contribution < 1.29 is 9.18 Å². The summed E-state index contributed by atoms with van der Waals surface area (Å²) < 4.78 is 13.8. The lowest BCUT2D eigenvalue weighted by Crippen LogP contribution is -2.04. The molecule has 0 radical (unpaired) electrons. The number of nitrogens with one attached hydrogen (secondary N) is 1. The maximum Gasteiger partial charge on any atom is 0.198 e. The van der Waals surface area contributed by atoms with E-state index in [0.717, 1.165) is 16.5 Å². The van der Waals surface area contributed by atoms with Crippen LogP contribution in [0.5, 0.6) is 0 Å². The van der Waals surface area contributed by atoms with E-state index in [4.69, 9.17) is 5.73 Å². The zero-order chi connectivity index (χ0) is 14.3. The Morgan fingerprint density at radius 2 is 1.95 bits per heavy atom. The number of nitrogens with two attached hydrogens (primary N) is 1. The van der Waals surface area contributed by atoms with E-state index in [1.54, 1.807) is 6.20 Å². The minimum absolute atomic E-state index is 0.00703. The number of hydrogen-bond donors (Lipinski definition) is 2. The lowest BCUT2D eigenvalue weighted by molar-refractivity contribution is 0.103. The van der Waals surface area contributed by atoms with E-state index in [0.29, 0.717) is 11.3 Å². The molecule has 3 nitrogen and oxygen atoms in total. The van der Waals surface area contributed by atoms with Crippen LogP contribution in [0.4, 0.5) is 10.1 Å². The molecule has 0 atom stereocenters. The Morgan fingerprint density at radius 3 is 2.75 bits per heavy atom. The second-order valence-corrected chi connectivity index (χ2v) is 4.82. The predicted octanol–water partition coefficient (Wildman–Crippen LogP) is 3.43. The number of aryl methyl sites for hydroxylation is 1. The molecule has 0 bridgehead atoms. The third kappa shape index (κ3) is 1.95. The van der Waals surface area contributed by atoms with E-state index >= 15 is 0 Å². The Labute approximate surface area is 115 Å². The van der Waals surface area contributed by atoms with E-state index in [-0.39, 0.29) is 11.3 Å². The highest BCUT2D eigenvalue weighted by atomic mass is 19.1. The van der Waals surface area contributed by atoms with Gasteiger partial charge in [-0.1, -0.05) is 11.6 Å². The molecule has 1 aromatic heterocycles. The molecule has 3 rings (SSSR count). The number of hydrogen-bond acceptors (Lipinski definition) is 2. The zero-order valence-corrected chi connectivity index (χ0v) is 10.9. The highest BCUT2D eigenvalue weighted by molar-refractivity contribution is 6.16. The molecule has 4 heteroatoms. The van der Waals surface area contributed by atoms with Crippen LogP contribution in [-0.2, 0) is 0 Å². The molecular formula is C16H13FN2O. The van der Waals surface area contributed by atoms with Crippen LogP contribution in [0.3, 0.4) is 0 Å². The lowest BCUT2D eigenvalue weighted by atomic mass is 10.0. The molecule has 0 fully saturated rings. The summed E-state index contributed by atoms with van der Waals surface area (Å²) in [6, 6.07) is 9.77. The number of rotatable bonds is 2. The van der Waals surface area contributed by atoms with Gasteiger partial charge in [0.25, 0.3) is 0 Å². The number of fused-ring (bicyclic) bond motifs is 1. The average molecular weight is 268 g/mol. The van der Waals surface area contributed by atoms with Gasteiger partial charge in [0.05, 0.1) is 5.56 Å². The molecule has 0 aliphatic carbocycles. The predicted molar refractivity (Wildman–Crippen MR) is 77.3 cm³/mol. The fraction of sp³-hybridized carbons (Fsp3) is 0.0625. The summed E-state index contributed by atoms with van der Waals surface area (Å²) in [5, 5.41) is 0.789. The molecule has 0 aliphatic rings. The molecular weight excluding hydrogens is 255 g/mol. The van der Waals surface area contributed by atoms with Crippen LogP contribution >= 0.6 is 0 Å². The maximum atomic E-state index is 13.8. The van der Waals surface area contributed by atoms with Gasteiger partial charge in [0.1, 0.15) is 5.82 Å². The van der Waals surface area contributed by atoms with Crippen LogP contribution in [0.15, 0.2) is 42.6 Å². The summed E-state index contributed by atoms with van der Waals surface area (Å²) in [5.41, 5.74) is 8.33. The van der Waals surface area contributed by atoms with Crippen LogP contribution in [0, 0.1) is 12.7 Å². The van der Waals surface area contributed by atoms with E-state index < -0.39 is 5.82 Å². The molecule has 0 amide bonds. The number of benzene rings is 2. The highest BCUT2D eigenvalue weighted by Gasteiger charge is 2.18. The van der Waals surface area contributed by atoms with Gasteiger partial charge in [-0.25, -0.2) is 4.39 Å². The number of aromatic nitrogens is 1. The van der Waals surface area contributed by atoms with Crippen LogP contribution < -0.4 is 5.73 Å². The molecule has 2 aromatic carbocycles. The number of carbonyl (C=O) groups excluding carboxylic acids is 1. The molecule has 0 saturated carbocycles. The van der Waals surface area contributed by atoms with Crippen LogP contribution in [-0.4, -0.2) is 10.8 Å². The second kappa shape index (κ2) is 4.49. The van der Waals surface area contributed by atoms with E-state index in [1.807, 2.05) is 25.1 Å². The Bertz CT molecular complexity index is 820. The topological polar surface area (TPSA) is 58.9 Å². The number of nitrogen functional groups attached to an aromatic ring is 1.